The Morgan fingerprint density at radius 3 is 2.56 bits per heavy atom. The van der Waals surface area contributed by atoms with Gasteiger partial charge in [-0.15, -0.1) is 0 Å². The molecule has 1 spiro atoms. The van der Waals surface area contributed by atoms with E-state index in [0.29, 0.717) is 23.7 Å². The van der Waals surface area contributed by atoms with Crippen molar-refractivity contribution in [2.75, 3.05) is 31.1 Å². The molecule has 41 heavy (non-hydrogen) atoms. The van der Waals surface area contributed by atoms with Gasteiger partial charge in [0.05, 0.1) is 0 Å². The molecule has 2 aliphatic heterocycles. The van der Waals surface area contributed by atoms with Crippen LogP contribution >= 0.6 is 11.6 Å². The highest BCUT2D eigenvalue weighted by molar-refractivity contribution is 6.30. The van der Waals surface area contributed by atoms with Gasteiger partial charge >= 0.3 is 6.03 Å². The topological polar surface area (TPSA) is 48.5 Å². The van der Waals surface area contributed by atoms with E-state index in [-0.39, 0.29) is 18.0 Å². The lowest BCUT2D eigenvalue weighted by Crippen LogP contribution is -2.48. The first-order valence-corrected chi connectivity index (χ1v) is 14.4. The van der Waals surface area contributed by atoms with E-state index >= 15 is 0 Å². The monoisotopic (exact) mass is 566 g/mol. The lowest BCUT2D eigenvalue weighted by molar-refractivity contribution is 0.205. The summed E-state index contributed by atoms with van der Waals surface area (Å²) >= 11 is 6.04. The van der Waals surface area contributed by atoms with Crippen LogP contribution in [0.1, 0.15) is 29.5 Å². The molecule has 1 aromatic heterocycles. The minimum atomic E-state index is -0.556. The molecular formula is C34H32ClFN4O. The van der Waals surface area contributed by atoms with E-state index in [0.717, 1.165) is 42.7 Å². The van der Waals surface area contributed by atoms with Gasteiger partial charge in [-0.2, -0.15) is 4.39 Å². The van der Waals surface area contributed by atoms with E-state index in [1.54, 1.807) is 11.0 Å². The molecule has 208 valence electrons. The Morgan fingerprint density at radius 2 is 1.80 bits per heavy atom. The number of carbonyl (C=O) groups is 1. The van der Waals surface area contributed by atoms with Gasteiger partial charge in [-0.3, -0.25) is 4.90 Å². The fourth-order valence-electron chi connectivity index (χ4n) is 6.16. The Bertz CT molecular complexity index is 1550. The molecule has 7 heteroatoms. The number of anilines is 1. The minimum Gasteiger partial charge on any atom is -0.317 e. The molecule has 4 aromatic rings. The number of aromatic nitrogens is 1. The number of benzene rings is 3. The molecule has 5 nitrogen and oxygen atoms in total. The third kappa shape index (κ3) is 5.76. The molecule has 6 rings (SSSR count). The largest absolute Gasteiger partial charge is 0.325 e. The van der Waals surface area contributed by atoms with Crippen LogP contribution in [-0.4, -0.2) is 42.1 Å². The fourth-order valence-corrected chi connectivity index (χ4v) is 6.29. The molecule has 2 aliphatic rings. The first-order valence-electron chi connectivity index (χ1n) is 14.0. The van der Waals surface area contributed by atoms with Crippen molar-refractivity contribution >= 4 is 29.4 Å². The summed E-state index contributed by atoms with van der Waals surface area (Å²) in [4.78, 5) is 21.8. The van der Waals surface area contributed by atoms with Gasteiger partial charge in [0.15, 0.2) is 0 Å². The van der Waals surface area contributed by atoms with Crippen LogP contribution in [0, 0.1) is 5.95 Å². The second kappa shape index (κ2) is 11.9. The summed E-state index contributed by atoms with van der Waals surface area (Å²) in [7, 11) is 0. The molecule has 1 saturated heterocycles. The quantitative estimate of drug-likeness (QED) is 0.249. The van der Waals surface area contributed by atoms with Crippen LogP contribution in [0.15, 0.2) is 97.2 Å². The van der Waals surface area contributed by atoms with Crippen molar-refractivity contribution in [2.24, 2.45) is 0 Å². The fraction of sp³-hybridized carbons (Fsp3) is 0.235. The molecule has 3 aromatic carbocycles. The lowest BCUT2D eigenvalue weighted by atomic mass is 9.72. The third-order valence-electron chi connectivity index (χ3n) is 8.14. The molecule has 0 radical (unpaired) electrons. The SMILES string of the molecule is O=C(N(CC=Cc1ccc(Cl)cc1)Cc1ccnc(F)c1)N1CC2(CCNCC2)c2c(-c3ccccc3)cccc21. The highest BCUT2D eigenvalue weighted by atomic mass is 35.5. The summed E-state index contributed by atoms with van der Waals surface area (Å²) < 4.78 is 14.0. The predicted octanol–water partition coefficient (Wildman–Crippen LogP) is 7.32. The van der Waals surface area contributed by atoms with E-state index in [1.807, 2.05) is 53.5 Å². The van der Waals surface area contributed by atoms with E-state index in [2.05, 4.69) is 46.7 Å². The Hall–Kier alpha value is -4.00. The van der Waals surface area contributed by atoms with Crippen LogP contribution in [0.5, 0.6) is 0 Å². The second-order valence-electron chi connectivity index (χ2n) is 10.8. The van der Waals surface area contributed by atoms with E-state index in [9.17, 15) is 9.18 Å². The average molecular weight is 567 g/mol. The molecular weight excluding hydrogens is 535 g/mol. The summed E-state index contributed by atoms with van der Waals surface area (Å²) in [6.07, 6.45) is 7.30. The van der Waals surface area contributed by atoms with Crippen molar-refractivity contribution in [3.05, 3.63) is 125 Å². The van der Waals surface area contributed by atoms with Crippen molar-refractivity contribution < 1.29 is 9.18 Å². The van der Waals surface area contributed by atoms with Gasteiger partial charge < -0.3 is 10.2 Å². The van der Waals surface area contributed by atoms with Crippen LogP contribution in [-0.2, 0) is 12.0 Å². The molecule has 0 aliphatic carbocycles. The number of hydrogen-bond donors (Lipinski definition) is 1. The number of rotatable bonds is 6. The van der Waals surface area contributed by atoms with Gasteiger partial charge in [0.25, 0.3) is 0 Å². The number of fused-ring (bicyclic) bond motifs is 2. The molecule has 0 saturated carbocycles. The standard InChI is InChI=1S/C34H32ClFN4O/c35-28-13-11-25(12-14-28)6-5-21-39(23-26-15-18-38-31(36)22-26)33(41)40-24-34(16-19-37-20-17-34)32-29(9-4-10-30(32)40)27-7-2-1-3-8-27/h1-15,18,22,37H,16-17,19-21,23-24H2. The van der Waals surface area contributed by atoms with Crippen molar-refractivity contribution in [1.29, 1.82) is 0 Å². The Morgan fingerprint density at radius 1 is 1.02 bits per heavy atom. The number of piperidine rings is 1. The molecule has 0 bridgehead atoms. The summed E-state index contributed by atoms with van der Waals surface area (Å²) in [5, 5.41) is 4.18. The zero-order chi connectivity index (χ0) is 28.2. The summed E-state index contributed by atoms with van der Waals surface area (Å²) in [5.41, 5.74) is 6.12. The average Bonchev–Trinajstić information content (AvgIpc) is 3.31. The zero-order valence-corrected chi connectivity index (χ0v) is 23.5. The molecule has 0 unspecified atom stereocenters. The smallest absolute Gasteiger partial charge is 0.317 e. The first-order chi connectivity index (χ1) is 20.0. The number of nitrogens with one attached hydrogen (secondary N) is 1. The van der Waals surface area contributed by atoms with Crippen molar-refractivity contribution in [3.8, 4) is 11.1 Å². The number of pyridine rings is 1. The number of nitrogens with zero attached hydrogens (tertiary/aromatic N) is 3. The summed E-state index contributed by atoms with van der Waals surface area (Å²) in [6.45, 7) is 3.07. The zero-order valence-electron chi connectivity index (χ0n) is 22.8. The maximum Gasteiger partial charge on any atom is 0.325 e. The lowest BCUT2D eigenvalue weighted by Gasteiger charge is -2.36. The van der Waals surface area contributed by atoms with Gasteiger partial charge in [0, 0.05) is 42.0 Å². The van der Waals surface area contributed by atoms with Crippen molar-refractivity contribution in [2.45, 2.75) is 24.8 Å². The highest BCUT2D eigenvalue weighted by Gasteiger charge is 2.47. The van der Waals surface area contributed by atoms with Crippen molar-refractivity contribution in [1.82, 2.24) is 15.2 Å². The Labute approximate surface area is 245 Å². The second-order valence-corrected chi connectivity index (χ2v) is 11.2. The third-order valence-corrected chi connectivity index (χ3v) is 8.39. The number of urea groups is 1. The van der Waals surface area contributed by atoms with Gasteiger partial charge in [-0.25, -0.2) is 9.78 Å². The number of hydrogen-bond acceptors (Lipinski definition) is 3. The van der Waals surface area contributed by atoms with E-state index < -0.39 is 5.95 Å². The minimum absolute atomic E-state index is 0.0927. The van der Waals surface area contributed by atoms with Crippen molar-refractivity contribution in [3.63, 3.8) is 0 Å². The summed E-state index contributed by atoms with van der Waals surface area (Å²) in [5.74, 6) is -0.556. The Balaban J connectivity index is 1.36. The maximum absolute atomic E-state index is 14.4. The maximum atomic E-state index is 14.4. The molecule has 1 fully saturated rings. The van der Waals surface area contributed by atoms with Crippen LogP contribution in [0.25, 0.3) is 17.2 Å². The number of carbonyl (C=O) groups excluding carboxylic acids is 1. The summed E-state index contributed by atoms with van der Waals surface area (Å²) in [6, 6.07) is 27.3. The van der Waals surface area contributed by atoms with Gasteiger partial charge in [-0.05, 0) is 84.1 Å². The molecule has 3 heterocycles. The molecule has 1 N–H and O–H groups in total. The highest BCUT2D eigenvalue weighted by Crippen LogP contribution is 2.50. The van der Waals surface area contributed by atoms with E-state index in [1.165, 1.54) is 23.4 Å². The number of halogens is 2. The van der Waals surface area contributed by atoms with Crippen LogP contribution < -0.4 is 10.2 Å². The van der Waals surface area contributed by atoms with E-state index in [4.69, 9.17) is 11.6 Å². The van der Waals surface area contributed by atoms with Crippen LogP contribution in [0.4, 0.5) is 14.9 Å². The van der Waals surface area contributed by atoms with Crippen LogP contribution in [0.3, 0.4) is 0 Å². The van der Waals surface area contributed by atoms with Gasteiger partial charge in [0.2, 0.25) is 5.95 Å². The number of amides is 2. The molecule has 2 amide bonds. The van der Waals surface area contributed by atoms with Gasteiger partial charge in [-0.1, -0.05) is 78.4 Å². The predicted molar refractivity (Wildman–Crippen MR) is 163 cm³/mol. The van der Waals surface area contributed by atoms with Gasteiger partial charge in [0.1, 0.15) is 0 Å². The normalized spacial score (nSPS) is 15.8. The first kappa shape index (κ1) is 27.2. The van der Waals surface area contributed by atoms with Crippen LogP contribution in [0.2, 0.25) is 5.02 Å². The molecule has 0 atom stereocenters. The Kier molecular flexibility index (Phi) is 7.86.